The number of aryl methyl sites for hydroxylation is 1. The first-order chi connectivity index (χ1) is 8.99. The van der Waals surface area contributed by atoms with Crippen molar-refractivity contribution in [3.05, 3.63) is 24.0 Å². The molecule has 3 heteroatoms. The highest BCUT2D eigenvalue weighted by Crippen LogP contribution is 2.24. The summed E-state index contributed by atoms with van der Waals surface area (Å²) in [5.41, 5.74) is 2.34. The van der Waals surface area contributed by atoms with Crippen LogP contribution in [0.4, 0.5) is 5.69 Å². The Bertz CT molecular complexity index is 397. The lowest BCUT2D eigenvalue weighted by atomic mass is 9.94. The van der Waals surface area contributed by atoms with Gasteiger partial charge >= 0.3 is 0 Å². The fourth-order valence-corrected chi connectivity index (χ4v) is 2.76. The zero-order valence-corrected chi connectivity index (χ0v) is 12.9. The Morgan fingerprint density at radius 3 is 2.47 bits per heavy atom. The van der Waals surface area contributed by atoms with Crippen molar-refractivity contribution in [1.82, 2.24) is 10.3 Å². The molecule has 1 aromatic heterocycles. The second-order valence-corrected chi connectivity index (χ2v) is 6.38. The molecule has 2 atom stereocenters. The van der Waals surface area contributed by atoms with Crippen LogP contribution in [0.3, 0.4) is 0 Å². The molecule has 2 unspecified atom stereocenters. The van der Waals surface area contributed by atoms with Crippen molar-refractivity contribution >= 4 is 5.69 Å². The smallest absolute Gasteiger partial charge is 0.0556 e. The summed E-state index contributed by atoms with van der Waals surface area (Å²) in [4.78, 5) is 7.00. The van der Waals surface area contributed by atoms with Crippen LogP contribution in [-0.2, 0) is 0 Å². The van der Waals surface area contributed by atoms with Gasteiger partial charge in [-0.15, -0.1) is 0 Å². The second kappa shape index (κ2) is 5.91. The van der Waals surface area contributed by atoms with E-state index in [-0.39, 0.29) is 0 Å². The Morgan fingerprint density at radius 2 is 1.95 bits per heavy atom. The Kier molecular flexibility index (Phi) is 4.46. The van der Waals surface area contributed by atoms with Gasteiger partial charge in [-0.05, 0) is 30.9 Å². The van der Waals surface area contributed by atoms with Crippen LogP contribution in [0.25, 0.3) is 0 Å². The van der Waals surface area contributed by atoms with Crippen LogP contribution in [0.1, 0.15) is 33.4 Å². The van der Waals surface area contributed by atoms with E-state index in [1.54, 1.807) is 0 Å². The molecule has 106 valence electrons. The molecule has 1 fully saturated rings. The zero-order chi connectivity index (χ0) is 14.0. The van der Waals surface area contributed by atoms with Gasteiger partial charge in [-0.2, -0.15) is 0 Å². The number of anilines is 1. The molecular weight excluding hydrogens is 234 g/mol. The summed E-state index contributed by atoms with van der Waals surface area (Å²) >= 11 is 0. The van der Waals surface area contributed by atoms with Gasteiger partial charge in [0.1, 0.15) is 0 Å². The van der Waals surface area contributed by atoms with Gasteiger partial charge in [0.05, 0.1) is 11.9 Å². The molecule has 0 amide bonds. The molecule has 0 aliphatic carbocycles. The summed E-state index contributed by atoms with van der Waals surface area (Å²) in [7, 11) is 0. The lowest BCUT2D eigenvalue weighted by molar-refractivity contribution is 0.295. The highest BCUT2D eigenvalue weighted by molar-refractivity contribution is 5.47. The third-order valence-corrected chi connectivity index (χ3v) is 4.18. The van der Waals surface area contributed by atoms with E-state index in [1.165, 1.54) is 5.69 Å². The van der Waals surface area contributed by atoms with E-state index in [0.29, 0.717) is 23.9 Å². The quantitative estimate of drug-likeness (QED) is 0.907. The van der Waals surface area contributed by atoms with Gasteiger partial charge in [-0.1, -0.05) is 27.7 Å². The van der Waals surface area contributed by atoms with E-state index in [2.05, 4.69) is 55.0 Å². The van der Waals surface area contributed by atoms with E-state index < -0.39 is 0 Å². The predicted octanol–water partition coefficient (Wildman–Crippen LogP) is 2.85. The molecule has 1 aromatic rings. The lowest BCUT2D eigenvalue weighted by Crippen LogP contribution is -2.60. The molecule has 0 radical (unpaired) electrons. The third-order valence-electron chi connectivity index (χ3n) is 4.18. The van der Waals surface area contributed by atoms with Crippen molar-refractivity contribution in [1.29, 1.82) is 0 Å². The highest BCUT2D eigenvalue weighted by Gasteiger charge is 2.31. The number of pyridine rings is 1. The van der Waals surface area contributed by atoms with Crippen LogP contribution in [0, 0.1) is 18.8 Å². The molecule has 0 aromatic carbocycles. The first-order valence-electron chi connectivity index (χ1n) is 7.41. The number of piperazine rings is 1. The standard InChI is InChI=1S/C16H27N3/c1-11(2)15-10-19(16(9-18-15)12(3)4)14-7-6-13(5)17-8-14/h6-8,11-12,15-16,18H,9-10H2,1-5H3. The number of nitrogens with zero attached hydrogens (tertiary/aromatic N) is 2. The van der Waals surface area contributed by atoms with E-state index in [1.807, 2.05) is 13.1 Å². The monoisotopic (exact) mass is 261 g/mol. The average Bonchev–Trinajstić information content (AvgIpc) is 2.38. The van der Waals surface area contributed by atoms with Gasteiger partial charge in [-0.3, -0.25) is 4.98 Å². The maximum atomic E-state index is 4.46. The van der Waals surface area contributed by atoms with Crippen molar-refractivity contribution in [3.63, 3.8) is 0 Å². The molecule has 1 saturated heterocycles. The topological polar surface area (TPSA) is 28.2 Å². The third kappa shape index (κ3) is 3.27. The van der Waals surface area contributed by atoms with E-state index >= 15 is 0 Å². The molecule has 19 heavy (non-hydrogen) atoms. The van der Waals surface area contributed by atoms with Crippen LogP contribution in [-0.4, -0.2) is 30.2 Å². The molecule has 0 spiro atoms. The largest absolute Gasteiger partial charge is 0.364 e. The van der Waals surface area contributed by atoms with Crippen LogP contribution in [0.2, 0.25) is 0 Å². The number of hydrogen-bond acceptors (Lipinski definition) is 3. The summed E-state index contributed by atoms with van der Waals surface area (Å²) in [6.07, 6.45) is 2.02. The molecule has 3 nitrogen and oxygen atoms in total. The fourth-order valence-electron chi connectivity index (χ4n) is 2.76. The van der Waals surface area contributed by atoms with Crippen molar-refractivity contribution in [2.75, 3.05) is 18.0 Å². The molecule has 2 rings (SSSR count). The first-order valence-corrected chi connectivity index (χ1v) is 7.41. The summed E-state index contributed by atoms with van der Waals surface area (Å²) in [5, 5.41) is 3.70. The van der Waals surface area contributed by atoms with Crippen molar-refractivity contribution in [3.8, 4) is 0 Å². The SMILES string of the molecule is Cc1ccc(N2CC(C(C)C)NCC2C(C)C)cn1. The Labute approximate surface area is 117 Å². The number of hydrogen-bond donors (Lipinski definition) is 1. The van der Waals surface area contributed by atoms with Crippen molar-refractivity contribution in [2.45, 2.75) is 46.7 Å². The van der Waals surface area contributed by atoms with Gasteiger partial charge in [0.15, 0.2) is 0 Å². The normalized spacial score (nSPS) is 24.3. The summed E-state index contributed by atoms with van der Waals surface area (Å²) in [5.74, 6) is 1.30. The first kappa shape index (κ1) is 14.3. The van der Waals surface area contributed by atoms with Crippen molar-refractivity contribution in [2.24, 2.45) is 11.8 Å². The second-order valence-electron chi connectivity index (χ2n) is 6.38. The molecule has 0 bridgehead atoms. The van der Waals surface area contributed by atoms with Gasteiger partial charge in [0, 0.05) is 30.9 Å². The summed E-state index contributed by atoms with van der Waals surface area (Å²) in [6, 6.07) is 5.44. The summed E-state index contributed by atoms with van der Waals surface area (Å²) in [6.45, 7) is 13.4. The molecule has 1 aliphatic rings. The van der Waals surface area contributed by atoms with Gasteiger partial charge in [0.2, 0.25) is 0 Å². The van der Waals surface area contributed by atoms with Crippen LogP contribution in [0.5, 0.6) is 0 Å². The van der Waals surface area contributed by atoms with Gasteiger partial charge < -0.3 is 10.2 Å². The molecular formula is C16H27N3. The fraction of sp³-hybridized carbons (Fsp3) is 0.688. The maximum Gasteiger partial charge on any atom is 0.0556 e. The van der Waals surface area contributed by atoms with E-state index in [0.717, 1.165) is 18.8 Å². The minimum atomic E-state index is 0.555. The molecule has 0 saturated carbocycles. The maximum absolute atomic E-state index is 4.46. The van der Waals surface area contributed by atoms with E-state index in [4.69, 9.17) is 0 Å². The molecule has 1 aliphatic heterocycles. The number of nitrogens with one attached hydrogen (secondary N) is 1. The lowest BCUT2D eigenvalue weighted by Gasteiger charge is -2.45. The average molecular weight is 261 g/mol. The van der Waals surface area contributed by atoms with E-state index in [9.17, 15) is 0 Å². The highest BCUT2D eigenvalue weighted by atomic mass is 15.2. The van der Waals surface area contributed by atoms with Crippen LogP contribution in [0.15, 0.2) is 18.3 Å². The minimum Gasteiger partial charge on any atom is -0.364 e. The molecule has 1 N–H and O–H groups in total. The van der Waals surface area contributed by atoms with Gasteiger partial charge in [0.25, 0.3) is 0 Å². The predicted molar refractivity (Wildman–Crippen MR) is 81.6 cm³/mol. The van der Waals surface area contributed by atoms with Gasteiger partial charge in [-0.25, -0.2) is 0 Å². The molecule has 2 heterocycles. The Balaban J connectivity index is 2.22. The van der Waals surface area contributed by atoms with Crippen LogP contribution >= 0.6 is 0 Å². The minimum absolute atomic E-state index is 0.555. The van der Waals surface area contributed by atoms with Crippen LogP contribution < -0.4 is 10.2 Å². The Morgan fingerprint density at radius 1 is 1.21 bits per heavy atom. The summed E-state index contributed by atoms with van der Waals surface area (Å²) < 4.78 is 0. The zero-order valence-electron chi connectivity index (χ0n) is 12.9. The number of rotatable bonds is 3. The Hall–Kier alpha value is -1.09. The van der Waals surface area contributed by atoms with Crippen molar-refractivity contribution < 1.29 is 0 Å². The number of aromatic nitrogens is 1.